The van der Waals surface area contributed by atoms with Crippen LogP contribution < -0.4 is 0 Å². The van der Waals surface area contributed by atoms with Crippen molar-refractivity contribution < 1.29 is 9.53 Å². The molecule has 7 nitrogen and oxygen atoms in total. The number of esters is 1. The molecule has 0 aliphatic carbocycles. The van der Waals surface area contributed by atoms with Gasteiger partial charge in [-0.1, -0.05) is 37.6 Å². The molecule has 3 aromatic rings. The minimum Gasteiger partial charge on any atom is -0.463 e. The fourth-order valence-corrected chi connectivity index (χ4v) is 3.73. The highest BCUT2D eigenvalue weighted by Crippen LogP contribution is 2.27. The van der Waals surface area contributed by atoms with Crippen molar-refractivity contribution in [1.29, 1.82) is 0 Å². The van der Waals surface area contributed by atoms with E-state index in [1.807, 2.05) is 25.1 Å². The minimum atomic E-state index is -0.310. The summed E-state index contributed by atoms with van der Waals surface area (Å²) in [6.07, 6.45) is 0. The molecule has 3 rings (SSSR count). The van der Waals surface area contributed by atoms with Crippen molar-refractivity contribution in [2.24, 2.45) is 0 Å². The number of ether oxygens (including phenoxy) is 1. The molecule has 29 heavy (non-hydrogen) atoms. The lowest BCUT2D eigenvalue weighted by Gasteiger charge is -2.17. The largest absolute Gasteiger partial charge is 0.463 e. The molecule has 2 heterocycles. The lowest BCUT2D eigenvalue weighted by molar-refractivity contribution is -0.144. The maximum absolute atomic E-state index is 12.3. The van der Waals surface area contributed by atoms with Crippen LogP contribution in [0.1, 0.15) is 25.1 Å². The summed E-state index contributed by atoms with van der Waals surface area (Å²) >= 11 is 1.34. The molecule has 2 aromatic heterocycles. The van der Waals surface area contributed by atoms with Crippen molar-refractivity contribution in [2.75, 3.05) is 26.2 Å². The Balaban J connectivity index is 1.70. The topological polar surface area (TPSA) is 73.1 Å². The summed E-state index contributed by atoms with van der Waals surface area (Å²) in [5, 5.41) is 5.27. The Morgan fingerprint density at radius 1 is 1.21 bits per heavy atom. The van der Waals surface area contributed by atoms with Gasteiger partial charge in [-0.25, -0.2) is 4.98 Å². The quantitative estimate of drug-likeness (QED) is 0.499. The number of hydrogen-bond donors (Lipinski definition) is 0. The Morgan fingerprint density at radius 3 is 2.72 bits per heavy atom. The van der Waals surface area contributed by atoms with Gasteiger partial charge in [0.05, 0.1) is 5.69 Å². The van der Waals surface area contributed by atoms with Crippen molar-refractivity contribution in [3.63, 3.8) is 0 Å². The van der Waals surface area contributed by atoms with Gasteiger partial charge in [-0.05, 0) is 50.6 Å². The van der Waals surface area contributed by atoms with Crippen LogP contribution in [0.15, 0.2) is 30.3 Å². The van der Waals surface area contributed by atoms with Gasteiger partial charge in [0, 0.05) is 12.1 Å². The molecule has 0 amide bonds. The first-order valence-electron chi connectivity index (χ1n) is 9.83. The molecule has 0 radical (unpaired) electrons. The second kappa shape index (κ2) is 9.76. The van der Waals surface area contributed by atoms with Gasteiger partial charge in [0.2, 0.25) is 0 Å². The van der Waals surface area contributed by atoms with Crippen molar-refractivity contribution in [2.45, 2.75) is 34.2 Å². The molecule has 0 aliphatic rings. The van der Waals surface area contributed by atoms with Gasteiger partial charge >= 0.3 is 5.97 Å². The third-order valence-corrected chi connectivity index (χ3v) is 5.43. The van der Waals surface area contributed by atoms with Crippen LogP contribution in [-0.2, 0) is 16.1 Å². The smallest absolute Gasteiger partial charge is 0.327 e. The molecular weight excluding hydrogens is 386 g/mol. The van der Waals surface area contributed by atoms with Crippen LogP contribution in [0.2, 0.25) is 0 Å². The minimum absolute atomic E-state index is 0.0421. The van der Waals surface area contributed by atoms with Crippen LogP contribution in [0.25, 0.3) is 22.1 Å². The number of benzene rings is 1. The monoisotopic (exact) mass is 413 g/mol. The number of carbonyl (C=O) groups is 1. The van der Waals surface area contributed by atoms with E-state index in [2.05, 4.69) is 52.3 Å². The van der Waals surface area contributed by atoms with E-state index in [4.69, 9.17) is 4.74 Å². The van der Waals surface area contributed by atoms with Crippen LogP contribution >= 0.6 is 11.5 Å². The molecule has 0 spiro atoms. The first-order chi connectivity index (χ1) is 14.0. The maximum atomic E-state index is 12.3. The Hall–Kier alpha value is -2.58. The van der Waals surface area contributed by atoms with Gasteiger partial charge in [0.1, 0.15) is 23.9 Å². The summed E-state index contributed by atoms with van der Waals surface area (Å²) < 4.78 is 11.5. The van der Waals surface area contributed by atoms with Crippen LogP contribution in [0, 0.1) is 13.8 Å². The second-order valence-corrected chi connectivity index (χ2v) is 7.62. The van der Waals surface area contributed by atoms with Crippen LogP contribution in [0.4, 0.5) is 0 Å². The Labute approximate surface area is 175 Å². The number of rotatable bonds is 9. The summed E-state index contributed by atoms with van der Waals surface area (Å²) in [7, 11) is 0. The van der Waals surface area contributed by atoms with E-state index in [9.17, 15) is 4.79 Å². The number of aryl methyl sites for hydroxylation is 2. The van der Waals surface area contributed by atoms with Gasteiger partial charge in [-0.3, -0.25) is 9.48 Å². The lowest BCUT2D eigenvalue weighted by atomic mass is 10.1. The highest BCUT2D eigenvalue weighted by atomic mass is 32.1. The molecule has 0 bridgehead atoms. The highest BCUT2D eigenvalue weighted by Gasteiger charge is 2.17. The zero-order valence-electron chi connectivity index (χ0n) is 17.4. The van der Waals surface area contributed by atoms with Crippen molar-refractivity contribution in [3.8, 4) is 22.1 Å². The van der Waals surface area contributed by atoms with E-state index in [1.54, 1.807) is 4.68 Å². The molecular formula is C21H27N5O2S. The second-order valence-electron chi connectivity index (χ2n) is 6.87. The standard InChI is InChI=1S/C21H27N5O2S/c1-5-25(6-2)10-11-28-19(27)14-26-18(13-16(4)23-26)20-22-21(29-24-20)17-9-7-8-15(3)12-17/h7-9,12-13H,5-6,10-11,14H2,1-4H3. The van der Waals surface area contributed by atoms with Crippen LogP contribution in [0.5, 0.6) is 0 Å². The number of carbonyl (C=O) groups excluding carboxylic acids is 1. The molecule has 0 fully saturated rings. The van der Waals surface area contributed by atoms with E-state index in [0.29, 0.717) is 12.4 Å². The van der Waals surface area contributed by atoms with E-state index < -0.39 is 0 Å². The summed E-state index contributed by atoms with van der Waals surface area (Å²) in [5.41, 5.74) is 3.74. The van der Waals surface area contributed by atoms with Gasteiger partial charge in [-0.2, -0.15) is 9.47 Å². The third-order valence-electron chi connectivity index (χ3n) is 4.67. The Bertz CT molecular complexity index is 962. The van der Waals surface area contributed by atoms with Gasteiger partial charge in [-0.15, -0.1) is 0 Å². The van der Waals surface area contributed by atoms with Gasteiger partial charge in [0.15, 0.2) is 5.82 Å². The summed E-state index contributed by atoms with van der Waals surface area (Å²) in [6.45, 7) is 11.2. The summed E-state index contributed by atoms with van der Waals surface area (Å²) in [5.74, 6) is 0.263. The number of nitrogens with zero attached hydrogens (tertiary/aromatic N) is 5. The molecule has 154 valence electrons. The lowest BCUT2D eigenvalue weighted by Crippen LogP contribution is -2.28. The molecule has 0 saturated carbocycles. The zero-order chi connectivity index (χ0) is 20.8. The molecule has 0 N–H and O–H groups in total. The zero-order valence-corrected chi connectivity index (χ0v) is 18.2. The van der Waals surface area contributed by atoms with Gasteiger partial charge in [0.25, 0.3) is 0 Å². The van der Waals surface area contributed by atoms with Crippen molar-refractivity contribution >= 4 is 17.5 Å². The first-order valence-corrected chi connectivity index (χ1v) is 10.6. The van der Waals surface area contributed by atoms with Crippen LogP contribution in [0.3, 0.4) is 0 Å². The Morgan fingerprint density at radius 2 is 2.00 bits per heavy atom. The highest BCUT2D eigenvalue weighted by molar-refractivity contribution is 7.09. The SMILES string of the molecule is CCN(CC)CCOC(=O)Cn1nc(C)cc1-c1nsc(-c2cccc(C)c2)n1. The van der Waals surface area contributed by atoms with Crippen molar-refractivity contribution in [1.82, 2.24) is 24.0 Å². The maximum Gasteiger partial charge on any atom is 0.327 e. The summed E-state index contributed by atoms with van der Waals surface area (Å²) in [6, 6.07) is 10.1. The molecule has 0 saturated heterocycles. The third kappa shape index (κ3) is 5.48. The summed E-state index contributed by atoms with van der Waals surface area (Å²) in [4.78, 5) is 19.2. The van der Waals surface area contributed by atoms with E-state index in [-0.39, 0.29) is 12.5 Å². The fourth-order valence-electron chi connectivity index (χ4n) is 3.07. The molecule has 0 atom stereocenters. The first kappa shape index (κ1) is 21.1. The number of hydrogen-bond acceptors (Lipinski definition) is 7. The average molecular weight is 414 g/mol. The molecule has 0 aliphatic heterocycles. The molecule has 0 unspecified atom stereocenters. The normalized spacial score (nSPS) is 11.2. The predicted molar refractivity (Wildman–Crippen MR) is 115 cm³/mol. The Kier molecular flexibility index (Phi) is 7.11. The van der Waals surface area contributed by atoms with Gasteiger partial charge < -0.3 is 9.64 Å². The molecule has 1 aromatic carbocycles. The predicted octanol–water partition coefficient (Wildman–Crippen LogP) is 3.57. The average Bonchev–Trinajstić information content (AvgIpc) is 3.32. The van der Waals surface area contributed by atoms with E-state index in [0.717, 1.165) is 41.6 Å². The fraction of sp³-hybridized carbons (Fsp3) is 0.429. The molecule has 8 heteroatoms. The van der Waals surface area contributed by atoms with E-state index in [1.165, 1.54) is 17.1 Å². The van der Waals surface area contributed by atoms with Crippen LogP contribution in [-0.4, -0.2) is 56.2 Å². The van der Waals surface area contributed by atoms with E-state index >= 15 is 0 Å². The number of aromatic nitrogens is 4. The van der Waals surface area contributed by atoms with Crippen molar-refractivity contribution in [3.05, 3.63) is 41.6 Å². The number of likely N-dealkylation sites (N-methyl/N-ethyl adjacent to an activating group) is 1.